The van der Waals surface area contributed by atoms with E-state index in [0.29, 0.717) is 5.82 Å². The number of thioether (sulfide) groups is 1. The highest BCUT2D eigenvalue weighted by Crippen LogP contribution is 2.16. The van der Waals surface area contributed by atoms with Crippen LogP contribution in [0.25, 0.3) is 0 Å². The molecule has 0 aromatic carbocycles. The molecule has 0 fully saturated rings. The third-order valence-electron chi connectivity index (χ3n) is 2.25. The molecular weight excluding hydrogens is 206 g/mol. The molecule has 0 saturated carbocycles. The number of rotatable bonds is 5. The van der Waals surface area contributed by atoms with Crippen LogP contribution >= 0.6 is 11.8 Å². The Balaban J connectivity index is 2.77. The average molecular weight is 225 g/mol. The van der Waals surface area contributed by atoms with Crippen LogP contribution in [0.2, 0.25) is 0 Å². The first-order valence-corrected chi connectivity index (χ1v) is 6.54. The number of nitrogens with zero attached hydrogens (tertiary/aromatic N) is 2. The third kappa shape index (κ3) is 3.38. The van der Waals surface area contributed by atoms with Crippen molar-refractivity contribution in [2.75, 3.05) is 11.5 Å². The number of hydrogen-bond acceptors (Lipinski definition) is 4. The molecule has 0 aliphatic heterocycles. The molecule has 0 unspecified atom stereocenters. The van der Waals surface area contributed by atoms with Crippen LogP contribution in [0, 0.1) is 6.92 Å². The Bertz CT molecular complexity index is 326. The van der Waals surface area contributed by atoms with Gasteiger partial charge in [0.25, 0.3) is 0 Å². The highest BCUT2D eigenvalue weighted by Gasteiger charge is 2.06. The fourth-order valence-electron chi connectivity index (χ4n) is 1.35. The molecule has 0 bridgehead atoms. The minimum absolute atomic E-state index is 0.633. The lowest BCUT2D eigenvalue weighted by Gasteiger charge is -2.08. The van der Waals surface area contributed by atoms with Crippen LogP contribution in [0.1, 0.15) is 37.4 Å². The van der Waals surface area contributed by atoms with Crippen molar-refractivity contribution in [1.82, 2.24) is 9.97 Å². The van der Waals surface area contributed by atoms with Gasteiger partial charge in [-0.2, -0.15) is 11.8 Å². The Labute approximate surface area is 95.9 Å². The molecule has 1 aromatic rings. The van der Waals surface area contributed by atoms with E-state index < -0.39 is 0 Å². The van der Waals surface area contributed by atoms with E-state index in [2.05, 4.69) is 23.8 Å². The molecular formula is C11H19N3S. The first-order chi connectivity index (χ1) is 7.19. The molecule has 1 rings (SSSR count). The van der Waals surface area contributed by atoms with Crippen molar-refractivity contribution in [1.29, 1.82) is 0 Å². The normalized spacial score (nSPS) is 10.6. The molecule has 0 amide bonds. The van der Waals surface area contributed by atoms with Crippen molar-refractivity contribution in [3.63, 3.8) is 0 Å². The summed E-state index contributed by atoms with van der Waals surface area (Å²) >= 11 is 1.86. The maximum atomic E-state index is 5.84. The Hall–Kier alpha value is -0.770. The minimum atomic E-state index is 0.633. The van der Waals surface area contributed by atoms with E-state index in [-0.39, 0.29) is 0 Å². The molecule has 1 aromatic heterocycles. The quantitative estimate of drug-likeness (QED) is 0.782. The summed E-state index contributed by atoms with van der Waals surface area (Å²) in [5, 5.41) is 0. The zero-order chi connectivity index (χ0) is 11.3. The van der Waals surface area contributed by atoms with Gasteiger partial charge in [0.15, 0.2) is 0 Å². The highest BCUT2D eigenvalue weighted by atomic mass is 32.2. The Kier molecular flexibility index (Phi) is 4.88. The van der Waals surface area contributed by atoms with Crippen LogP contribution < -0.4 is 5.73 Å². The Morgan fingerprint density at radius 2 is 2.00 bits per heavy atom. The smallest absolute Gasteiger partial charge is 0.140 e. The van der Waals surface area contributed by atoms with E-state index in [1.165, 1.54) is 6.42 Å². The van der Waals surface area contributed by atoms with E-state index >= 15 is 0 Å². The summed E-state index contributed by atoms with van der Waals surface area (Å²) in [5.74, 6) is 3.52. The van der Waals surface area contributed by atoms with E-state index in [9.17, 15) is 0 Å². The lowest BCUT2D eigenvalue weighted by Crippen LogP contribution is -2.06. The molecule has 0 saturated heterocycles. The first kappa shape index (κ1) is 12.3. The molecule has 0 aliphatic rings. The van der Waals surface area contributed by atoms with Gasteiger partial charge in [0, 0.05) is 11.3 Å². The summed E-state index contributed by atoms with van der Waals surface area (Å²) in [5.41, 5.74) is 7.95. The summed E-state index contributed by atoms with van der Waals surface area (Å²) < 4.78 is 0. The molecule has 1 heterocycles. The predicted molar refractivity (Wildman–Crippen MR) is 67.0 cm³/mol. The van der Waals surface area contributed by atoms with E-state index in [1.807, 2.05) is 18.7 Å². The second-order valence-corrected chi connectivity index (χ2v) is 4.61. The van der Waals surface area contributed by atoms with Crippen molar-refractivity contribution in [3.8, 4) is 0 Å². The topological polar surface area (TPSA) is 51.8 Å². The van der Waals surface area contributed by atoms with E-state index in [0.717, 1.165) is 35.0 Å². The molecule has 0 atom stereocenters. The fourth-order valence-corrected chi connectivity index (χ4v) is 2.10. The second-order valence-electron chi connectivity index (χ2n) is 3.50. The third-order valence-corrected chi connectivity index (χ3v) is 3.40. The summed E-state index contributed by atoms with van der Waals surface area (Å²) in [7, 11) is 0. The molecule has 4 heteroatoms. The van der Waals surface area contributed by atoms with Gasteiger partial charge < -0.3 is 5.73 Å². The summed E-state index contributed by atoms with van der Waals surface area (Å²) in [6.07, 6.45) is 2.11. The van der Waals surface area contributed by atoms with Gasteiger partial charge in [-0.3, -0.25) is 0 Å². The number of nitrogen functional groups attached to an aromatic ring is 1. The van der Waals surface area contributed by atoms with Gasteiger partial charge in [-0.05, 0) is 25.5 Å². The van der Waals surface area contributed by atoms with Crippen LogP contribution in [0.15, 0.2) is 0 Å². The van der Waals surface area contributed by atoms with Crippen molar-refractivity contribution in [2.24, 2.45) is 0 Å². The second kappa shape index (κ2) is 5.95. The van der Waals surface area contributed by atoms with E-state index in [4.69, 9.17) is 5.73 Å². The zero-order valence-corrected chi connectivity index (χ0v) is 10.5. The largest absolute Gasteiger partial charge is 0.383 e. The van der Waals surface area contributed by atoms with Gasteiger partial charge in [0.1, 0.15) is 11.6 Å². The average Bonchev–Trinajstić information content (AvgIpc) is 2.23. The zero-order valence-electron chi connectivity index (χ0n) is 9.71. The van der Waals surface area contributed by atoms with Crippen molar-refractivity contribution in [3.05, 3.63) is 17.1 Å². The SMILES string of the molecule is CCCSCc1nc(N)c(C)c(CC)n1. The number of nitrogens with two attached hydrogens (primary N) is 1. The van der Waals surface area contributed by atoms with Crippen LogP contribution in [-0.2, 0) is 12.2 Å². The predicted octanol–water partition coefficient (Wildman–Crippen LogP) is 2.57. The molecule has 2 N–H and O–H groups in total. The Morgan fingerprint density at radius 3 is 2.60 bits per heavy atom. The van der Waals surface area contributed by atoms with Crippen molar-refractivity contribution < 1.29 is 0 Å². The maximum Gasteiger partial charge on any atom is 0.140 e. The maximum absolute atomic E-state index is 5.84. The summed E-state index contributed by atoms with van der Waals surface area (Å²) in [4.78, 5) is 8.81. The molecule has 3 nitrogen and oxygen atoms in total. The number of aromatic nitrogens is 2. The van der Waals surface area contributed by atoms with E-state index in [1.54, 1.807) is 0 Å². The number of aryl methyl sites for hydroxylation is 1. The molecule has 0 radical (unpaired) electrons. The fraction of sp³-hybridized carbons (Fsp3) is 0.636. The van der Waals surface area contributed by atoms with Crippen molar-refractivity contribution >= 4 is 17.6 Å². The van der Waals surface area contributed by atoms with Gasteiger partial charge >= 0.3 is 0 Å². The van der Waals surface area contributed by atoms with Gasteiger partial charge in [-0.15, -0.1) is 0 Å². The minimum Gasteiger partial charge on any atom is -0.383 e. The van der Waals surface area contributed by atoms with Crippen LogP contribution in [0.5, 0.6) is 0 Å². The Morgan fingerprint density at radius 1 is 1.27 bits per heavy atom. The molecule has 84 valence electrons. The van der Waals surface area contributed by atoms with Crippen LogP contribution in [0.4, 0.5) is 5.82 Å². The van der Waals surface area contributed by atoms with Crippen LogP contribution in [0.3, 0.4) is 0 Å². The molecule has 0 spiro atoms. The first-order valence-electron chi connectivity index (χ1n) is 5.38. The lowest BCUT2D eigenvalue weighted by molar-refractivity contribution is 0.923. The highest BCUT2D eigenvalue weighted by molar-refractivity contribution is 7.98. The van der Waals surface area contributed by atoms with Gasteiger partial charge in [0.05, 0.1) is 5.75 Å². The van der Waals surface area contributed by atoms with Gasteiger partial charge in [-0.1, -0.05) is 13.8 Å². The number of anilines is 1. The monoisotopic (exact) mass is 225 g/mol. The standard InChI is InChI=1S/C11H19N3S/c1-4-6-15-7-10-13-9(5-2)8(3)11(12)14-10/h4-7H2,1-3H3,(H2,12,13,14). The summed E-state index contributed by atoms with van der Waals surface area (Å²) in [6.45, 7) is 6.25. The number of hydrogen-bond donors (Lipinski definition) is 1. The van der Waals surface area contributed by atoms with Crippen LogP contribution in [-0.4, -0.2) is 15.7 Å². The lowest BCUT2D eigenvalue weighted by atomic mass is 10.2. The van der Waals surface area contributed by atoms with Crippen molar-refractivity contribution in [2.45, 2.75) is 39.4 Å². The molecule has 15 heavy (non-hydrogen) atoms. The summed E-state index contributed by atoms with van der Waals surface area (Å²) in [6, 6.07) is 0. The molecule has 0 aliphatic carbocycles. The van der Waals surface area contributed by atoms with Gasteiger partial charge in [-0.25, -0.2) is 9.97 Å². The van der Waals surface area contributed by atoms with Gasteiger partial charge in [0.2, 0.25) is 0 Å².